The van der Waals surface area contributed by atoms with Crippen molar-refractivity contribution in [3.63, 3.8) is 0 Å². The maximum Gasteiger partial charge on any atom is 0.312 e. The van der Waals surface area contributed by atoms with Crippen molar-refractivity contribution >= 4 is 35.0 Å². The molecule has 0 saturated carbocycles. The number of carbonyl (C=O) groups is 3. The van der Waals surface area contributed by atoms with Gasteiger partial charge in [-0.15, -0.1) is 0 Å². The lowest BCUT2D eigenvalue weighted by Crippen LogP contribution is -2.55. The summed E-state index contributed by atoms with van der Waals surface area (Å²) in [6, 6.07) is 13.0. The molecule has 1 aliphatic heterocycles. The highest BCUT2D eigenvalue weighted by molar-refractivity contribution is 6.35. The standard InChI is InChI=1S/C21H22ClN3O3/c1-14-5-3-6-16(11-14)12-24-9-10-25(21(28)20(24)27)13-19(26)23-18-8-4-7-17(22)15(18)2/h3-8,11H,9-10,12-13H2,1-2H3,(H,23,26). The third kappa shape index (κ3) is 4.51. The van der Waals surface area contributed by atoms with Crippen molar-refractivity contribution in [2.24, 2.45) is 0 Å². The maximum atomic E-state index is 12.4. The summed E-state index contributed by atoms with van der Waals surface area (Å²) in [6.07, 6.45) is 0. The van der Waals surface area contributed by atoms with E-state index in [9.17, 15) is 14.4 Å². The van der Waals surface area contributed by atoms with Gasteiger partial charge in [-0.2, -0.15) is 0 Å². The minimum atomic E-state index is -0.656. The number of nitrogens with zero attached hydrogens (tertiary/aromatic N) is 2. The molecule has 1 aliphatic rings. The third-order valence-corrected chi connectivity index (χ3v) is 5.14. The molecule has 3 amide bonds. The van der Waals surface area contributed by atoms with Gasteiger partial charge in [-0.25, -0.2) is 0 Å². The van der Waals surface area contributed by atoms with E-state index in [1.165, 1.54) is 9.80 Å². The lowest BCUT2D eigenvalue weighted by molar-refractivity contribution is -0.157. The monoisotopic (exact) mass is 399 g/mol. The Morgan fingerprint density at radius 3 is 2.46 bits per heavy atom. The molecule has 0 radical (unpaired) electrons. The fourth-order valence-electron chi connectivity index (χ4n) is 3.15. The van der Waals surface area contributed by atoms with Crippen LogP contribution in [0.15, 0.2) is 42.5 Å². The quantitative estimate of drug-likeness (QED) is 0.786. The average molecular weight is 400 g/mol. The Morgan fingerprint density at radius 1 is 1.04 bits per heavy atom. The smallest absolute Gasteiger partial charge is 0.312 e. The fraction of sp³-hybridized carbons (Fsp3) is 0.286. The highest BCUT2D eigenvalue weighted by Crippen LogP contribution is 2.23. The predicted molar refractivity (Wildman–Crippen MR) is 108 cm³/mol. The van der Waals surface area contributed by atoms with Crippen molar-refractivity contribution in [1.82, 2.24) is 9.80 Å². The van der Waals surface area contributed by atoms with Crippen molar-refractivity contribution in [3.8, 4) is 0 Å². The highest BCUT2D eigenvalue weighted by Gasteiger charge is 2.33. The molecule has 0 aromatic heterocycles. The zero-order chi connectivity index (χ0) is 20.3. The van der Waals surface area contributed by atoms with Crippen LogP contribution in [-0.4, -0.2) is 47.2 Å². The van der Waals surface area contributed by atoms with Gasteiger partial charge in [0, 0.05) is 30.3 Å². The summed E-state index contributed by atoms with van der Waals surface area (Å²) in [7, 11) is 0. The molecule has 0 atom stereocenters. The highest BCUT2D eigenvalue weighted by atomic mass is 35.5. The molecule has 1 N–H and O–H groups in total. The first-order valence-corrected chi connectivity index (χ1v) is 9.41. The Balaban J connectivity index is 1.60. The van der Waals surface area contributed by atoms with E-state index in [0.29, 0.717) is 30.3 Å². The number of carbonyl (C=O) groups excluding carboxylic acids is 3. The molecular weight excluding hydrogens is 378 g/mol. The Bertz CT molecular complexity index is 929. The molecule has 146 valence electrons. The van der Waals surface area contributed by atoms with Crippen LogP contribution in [0, 0.1) is 13.8 Å². The summed E-state index contributed by atoms with van der Waals surface area (Å²) in [5, 5.41) is 3.30. The zero-order valence-corrected chi connectivity index (χ0v) is 16.6. The fourth-order valence-corrected chi connectivity index (χ4v) is 3.33. The summed E-state index contributed by atoms with van der Waals surface area (Å²) in [5.41, 5.74) is 3.42. The van der Waals surface area contributed by atoms with Gasteiger partial charge in [0.05, 0.1) is 0 Å². The Labute approximate surface area is 169 Å². The third-order valence-electron chi connectivity index (χ3n) is 4.73. The molecule has 0 unspecified atom stereocenters. The van der Waals surface area contributed by atoms with Crippen molar-refractivity contribution in [2.75, 3.05) is 25.0 Å². The van der Waals surface area contributed by atoms with Crippen LogP contribution in [0.4, 0.5) is 5.69 Å². The van der Waals surface area contributed by atoms with E-state index in [4.69, 9.17) is 11.6 Å². The van der Waals surface area contributed by atoms with Crippen LogP contribution >= 0.6 is 11.6 Å². The Morgan fingerprint density at radius 2 is 1.71 bits per heavy atom. The second kappa shape index (κ2) is 8.44. The lowest BCUT2D eigenvalue weighted by atomic mass is 10.1. The van der Waals surface area contributed by atoms with Crippen LogP contribution in [-0.2, 0) is 20.9 Å². The number of nitrogens with one attached hydrogen (secondary N) is 1. The van der Waals surface area contributed by atoms with Crippen LogP contribution in [0.5, 0.6) is 0 Å². The maximum absolute atomic E-state index is 12.4. The summed E-state index contributed by atoms with van der Waals surface area (Å²) >= 11 is 6.06. The second-order valence-electron chi connectivity index (χ2n) is 6.90. The van der Waals surface area contributed by atoms with Gasteiger partial charge in [0.15, 0.2) is 0 Å². The molecule has 0 bridgehead atoms. The van der Waals surface area contributed by atoms with Gasteiger partial charge in [-0.3, -0.25) is 14.4 Å². The number of rotatable bonds is 5. The van der Waals surface area contributed by atoms with Crippen molar-refractivity contribution in [2.45, 2.75) is 20.4 Å². The van der Waals surface area contributed by atoms with Crippen LogP contribution in [0.25, 0.3) is 0 Å². The molecule has 1 heterocycles. The molecule has 1 saturated heterocycles. The van der Waals surface area contributed by atoms with Gasteiger partial charge in [-0.1, -0.05) is 47.5 Å². The molecule has 0 aliphatic carbocycles. The SMILES string of the molecule is Cc1cccc(CN2CCN(CC(=O)Nc3cccc(Cl)c3C)C(=O)C2=O)c1. The molecule has 0 spiro atoms. The topological polar surface area (TPSA) is 69.7 Å². The number of benzene rings is 2. The van der Waals surface area contributed by atoms with Crippen molar-refractivity contribution in [3.05, 3.63) is 64.2 Å². The van der Waals surface area contributed by atoms with Crippen LogP contribution in [0.1, 0.15) is 16.7 Å². The van der Waals surface area contributed by atoms with E-state index < -0.39 is 11.8 Å². The van der Waals surface area contributed by atoms with Crippen LogP contribution in [0.2, 0.25) is 5.02 Å². The molecular formula is C21H22ClN3O3. The van der Waals surface area contributed by atoms with Crippen LogP contribution < -0.4 is 5.32 Å². The Kier molecular flexibility index (Phi) is 5.99. The van der Waals surface area contributed by atoms with Gasteiger partial charge in [0.1, 0.15) is 6.54 Å². The first-order chi connectivity index (χ1) is 13.3. The predicted octanol–water partition coefficient (Wildman–Crippen LogP) is 2.77. The van der Waals surface area contributed by atoms with E-state index in [0.717, 1.165) is 16.7 Å². The zero-order valence-electron chi connectivity index (χ0n) is 15.9. The number of anilines is 1. The molecule has 2 aromatic carbocycles. The summed E-state index contributed by atoms with van der Waals surface area (Å²) in [5.74, 6) is -1.60. The number of aryl methyl sites for hydroxylation is 1. The number of hydrogen-bond acceptors (Lipinski definition) is 3. The van der Waals surface area contributed by atoms with Crippen molar-refractivity contribution in [1.29, 1.82) is 0 Å². The second-order valence-corrected chi connectivity index (χ2v) is 7.31. The summed E-state index contributed by atoms with van der Waals surface area (Å²) in [6.45, 7) is 4.70. The molecule has 7 heteroatoms. The largest absolute Gasteiger partial charge is 0.328 e. The number of amides is 3. The van der Waals surface area contributed by atoms with Gasteiger partial charge in [-0.05, 0) is 37.1 Å². The van der Waals surface area contributed by atoms with Crippen LogP contribution in [0.3, 0.4) is 0 Å². The van der Waals surface area contributed by atoms with E-state index in [-0.39, 0.29) is 12.5 Å². The normalized spacial score (nSPS) is 14.4. The molecule has 28 heavy (non-hydrogen) atoms. The van der Waals surface area contributed by atoms with E-state index in [1.54, 1.807) is 25.1 Å². The number of halogens is 1. The molecule has 1 fully saturated rings. The first-order valence-electron chi connectivity index (χ1n) is 9.04. The number of hydrogen-bond donors (Lipinski definition) is 1. The van der Waals surface area contributed by atoms with Crippen molar-refractivity contribution < 1.29 is 14.4 Å². The van der Waals surface area contributed by atoms with Gasteiger partial charge >= 0.3 is 11.8 Å². The van der Waals surface area contributed by atoms with Gasteiger partial charge in [0.25, 0.3) is 0 Å². The number of piperazine rings is 1. The van der Waals surface area contributed by atoms with Gasteiger partial charge in [0.2, 0.25) is 5.91 Å². The minimum absolute atomic E-state index is 0.172. The van der Waals surface area contributed by atoms with E-state index in [1.807, 2.05) is 31.2 Å². The van der Waals surface area contributed by atoms with E-state index in [2.05, 4.69) is 5.32 Å². The molecule has 6 nitrogen and oxygen atoms in total. The van der Waals surface area contributed by atoms with Gasteiger partial charge < -0.3 is 15.1 Å². The summed E-state index contributed by atoms with van der Waals surface area (Å²) < 4.78 is 0. The van der Waals surface area contributed by atoms with E-state index >= 15 is 0 Å². The Hall–Kier alpha value is -2.86. The molecule has 3 rings (SSSR count). The first kappa shape index (κ1) is 19.9. The lowest BCUT2D eigenvalue weighted by Gasteiger charge is -2.33. The molecule has 2 aromatic rings. The minimum Gasteiger partial charge on any atom is -0.328 e. The average Bonchev–Trinajstić information content (AvgIpc) is 2.65. The summed E-state index contributed by atoms with van der Waals surface area (Å²) in [4.78, 5) is 40.0.